The van der Waals surface area contributed by atoms with Crippen LogP contribution in [0.15, 0.2) is 70.9 Å². The number of aryl methyl sites for hydroxylation is 3. The predicted molar refractivity (Wildman–Crippen MR) is 133 cm³/mol. The maximum atomic E-state index is 13.4. The number of nitrogens with one attached hydrogen (secondary N) is 1. The second-order valence-corrected chi connectivity index (χ2v) is 8.57. The molecule has 0 spiro atoms. The molecule has 2 aromatic heterocycles. The fourth-order valence-corrected chi connectivity index (χ4v) is 3.95. The number of nitrogens with zero attached hydrogens (tertiary/aromatic N) is 5. The van der Waals surface area contributed by atoms with Crippen LogP contribution >= 0.6 is 11.8 Å². The average molecular weight is 491 g/mol. The Labute approximate surface area is 206 Å². The Hall–Kier alpha value is -4.05. The lowest BCUT2D eigenvalue weighted by atomic mass is 10.2. The quantitative estimate of drug-likeness (QED) is 0.166. The first-order chi connectivity index (χ1) is 16.9. The highest BCUT2D eigenvalue weighted by molar-refractivity contribution is 7.99. The fourth-order valence-electron chi connectivity index (χ4n) is 3.21. The number of para-hydroxylation sites is 1. The summed E-state index contributed by atoms with van der Waals surface area (Å²) in [5, 5.41) is 9.22. The Morgan fingerprint density at radius 3 is 2.46 bits per heavy atom. The van der Waals surface area contributed by atoms with Gasteiger partial charge in [-0.25, -0.2) is 19.8 Å². The second kappa shape index (κ2) is 10.9. The van der Waals surface area contributed by atoms with E-state index in [1.165, 1.54) is 42.2 Å². The van der Waals surface area contributed by atoms with Crippen LogP contribution in [-0.2, 0) is 4.79 Å². The van der Waals surface area contributed by atoms with E-state index in [-0.39, 0.29) is 17.5 Å². The van der Waals surface area contributed by atoms with E-state index in [2.05, 4.69) is 25.6 Å². The number of rotatable bonds is 8. The number of hydrogen-bond acceptors (Lipinski definition) is 7. The molecule has 0 aliphatic carbocycles. The van der Waals surface area contributed by atoms with Gasteiger partial charge in [0.05, 0.1) is 28.9 Å². The molecule has 1 amide bonds. The molecule has 35 heavy (non-hydrogen) atoms. The van der Waals surface area contributed by atoms with Gasteiger partial charge in [0, 0.05) is 11.4 Å². The molecule has 2 aromatic carbocycles. The molecule has 2 heterocycles. The highest BCUT2D eigenvalue weighted by Crippen LogP contribution is 2.29. The zero-order valence-corrected chi connectivity index (χ0v) is 20.2. The third-order valence-corrected chi connectivity index (χ3v) is 5.62. The Bertz CT molecular complexity index is 1340. The molecule has 4 aromatic rings. The molecule has 0 fully saturated rings. The molecular weight excluding hydrogens is 467 g/mol. The van der Waals surface area contributed by atoms with Crippen molar-refractivity contribution in [3.8, 4) is 17.3 Å². The SMILES string of the molecule is Cc1cc(C)nc(SCC(=O)N/N=C/c2c(C)nn(-c3ccccc3)c2Oc2ccc(F)cc2)n1. The zero-order chi connectivity index (χ0) is 24.8. The molecule has 0 radical (unpaired) electrons. The summed E-state index contributed by atoms with van der Waals surface area (Å²) in [5.41, 5.74) is 6.20. The predicted octanol–water partition coefficient (Wildman–Crippen LogP) is 4.76. The van der Waals surface area contributed by atoms with Crippen LogP contribution in [0.3, 0.4) is 0 Å². The van der Waals surface area contributed by atoms with Crippen LogP contribution in [0.1, 0.15) is 22.6 Å². The van der Waals surface area contributed by atoms with Crippen LogP contribution < -0.4 is 10.2 Å². The molecule has 0 saturated heterocycles. The maximum absolute atomic E-state index is 13.4. The number of aromatic nitrogens is 4. The molecule has 0 saturated carbocycles. The summed E-state index contributed by atoms with van der Waals surface area (Å²) in [6, 6.07) is 17.0. The van der Waals surface area contributed by atoms with E-state index < -0.39 is 0 Å². The highest BCUT2D eigenvalue weighted by Gasteiger charge is 2.18. The number of carbonyl (C=O) groups is 1. The molecule has 0 unspecified atom stereocenters. The van der Waals surface area contributed by atoms with Crippen molar-refractivity contribution in [1.29, 1.82) is 0 Å². The Kier molecular flexibility index (Phi) is 7.51. The average Bonchev–Trinajstić information content (AvgIpc) is 3.14. The molecule has 0 bridgehead atoms. The largest absolute Gasteiger partial charge is 0.438 e. The van der Waals surface area contributed by atoms with Crippen molar-refractivity contribution >= 4 is 23.9 Å². The van der Waals surface area contributed by atoms with E-state index in [1.54, 1.807) is 4.68 Å². The molecular formula is C25H23FN6O2S. The molecule has 4 rings (SSSR count). The van der Waals surface area contributed by atoms with Gasteiger partial charge in [-0.15, -0.1) is 0 Å². The lowest BCUT2D eigenvalue weighted by Crippen LogP contribution is -2.20. The summed E-state index contributed by atoms with van der Waals surface area (Å²) >= 11 is 1.23. The summed E-state index contributed by atoms with van der Waals surface area (Å²) in [7, 11) is 0. The molecule has 178 valence electrons. The highest BCUT2D eigenvalue weighted by atomic mass is 32.2. The van der Waals surface area contributed by atoms with Crippen molar-refractivity contribution in [3.63, 3.8) is 0 Å². The monoisotopic (exact) mass is 490 g/mol. The first-order valence-corrected chi connectivity index (χ1v) is 11.7. The van der Waals surface area contributed by atoms with Gasteiger partial charge in [-0.2, -0.15) is 14.9 Å². The van der Waals surface area contributed by atoms with Crippen molar-refractivity contribution in [2.24, 2.45) is 5.10 Å². The number of hydrazone groups is 1. The minimum absolute atomic E-state index is 0.113. The van der Waals surface area contributed by atoms with Crippen LogP contribution in [0.5, 0.6) is 11.6 Å². The summed E-state index contributed by atoms with van der Waals surface area (Å²) in [6.45, 7) is 5.58. The smallest absolute Gasteiger partial charge is 0.250 e. The summed E-state index contributed by atoms with van der Waals surface area (Å²) in [6.07, 6.45) is 1.48. The van der Waals surface area contributed by atoms with E-state index >= 15 is 0 Å². The number of carbonyl (C=O) groups excluding carboxylic acids is 1. The molecule has 0 atom stereocenters. The second-order valence-electron chi connectivity index (χ2n) is 7.62. The van der Waals surface area contributed by atoms with Gasteiger partial charge < -0.3 is 4.74 Å². The van der Waals surface area contributed by atoms with Crippen LogP contribution in [0.2, 0.25) is 0 Å². The molecule has 0 aliphatic heterocycles. The maximum Gasteiger partial charge on any atom is 0.250 e. The van der Waals surface area contributed by atoms with Gasteiger partial charge in [-0.3, -0.25) is 4.79 Å². The summed E-state index contributed by atoms with van der Waals surface area (Å²) in [4.78, 5) is 20.9. The van der Waals surface area contributed by atoms with Gasteiger partial charge >= 0.3 is 0 Å². The minimum Gasteiger partial charge on any atom is -0.438 e. The first kappa shape index (κ1) is 24.1. The lowest BCUT2D eigenvalue weighted by molar-refractivity contribution is -0.118. The van der Waals surface area contributed by atoms with Gasteiger partial charge in [-0.1, -0.05) is 30.0 Å². The standard InChI is InChI=1S/C25H23FN6O2S/c1-16-13-17(2)29-25(28-16)35-15-23(33)30-27-14-22-18(3)31-32(20-7-5-4-6-8-20)24(22)34-21-11-9-19(26)10-12-21/h4-14H,15H2,1-3H3,(H,30,33)/b27-14+. The van der Waals surface area contributed by atoms with E-state index in [4.69, 9.17) is 4.74 Å². The summed E-state index contributed by atoms with van der Waals surface area (Å²) < 4.78 is 21.1. The first-order valence-electron chi connectivity index (χ1n) is 10.7. The van der Waals surface area contributed by atoms with E-state index in [9.17, 15) is 9.18 Å². The Balaban J connectivity index is 1.52. The van der Waals surface area contributed by atoms with Gasteiger partial charge in [0.1, 0.15) is 11.6 Å². The normalized spacial score (nSPS) is 11.1. The lowest BCUT2D eigenvalue weighted by Gasteiger charge is -2.10. The van der Waals surface area contributed by atoms with Crippen molar-refractivity contribution in [3.05, 3.63) is 89.1 Å². The van der Waals surface area contributed by atoms with E-state index in [0.717, 1.165) is 17.1 Å². The van der Waals surface area contributed by atoms with Crippen LogP contribution in [0.25, 0.3) is 5.69 Å². The number of thioether (sulfide) groups is 1. The van der Waals surface area contributed by atoms with Crippen LogP contribution in [0, 0.1) is 26.6 Å². The zero-order valence-electron chi connectivity index (χ0n) is 19.4. The Morgan fingerprint density at radius 1 is 1.09 bits per heavy atom. The molecule has 10 heteroatoms. The van der Waals surface area contributed by atoms with Gasteiger partial charge in [0.25, 0.3) is 5.91 Å². The minimum atomic E-state index is -0.362. The number of amides is 1. The Morgan fingerprint density at radius 2 is 1.77 bits per heavy atom. The third kappa shape index (κ3) is 6.30. The van der Waals surface area contributed by atoms with E-state index in [0.29, 0.717) is 28.0 Å². The van der Waals surface area contributed by atoms with E-state index in [1.807, 2.05) is 57.2 Å². The van der Waals surface area contributed by atoms with Crippen molar-refractivity contribution in [2.75, 3.05) is 5.75 Å². The van der Waals surface area contributed by atoms with Crippen molar-refractivity contribution in [1.82, 2.24) is 25.2 Å². The van der Waals surface area contributed by atoms with Gasteiger partial charge in [0.2, 0.25) is 5.88 Å². The van der Waals surface area contributed by atoms with Gasteiger partial charge in [-0.05, 0) is 63.2 Å². The van der Waals surface area contributed by atoms with Crippen LogP contribution in [0.4, 0.5) is 4.39 Å². The van der Waals surface area contributed by atoms with Gasteiger partial charge in [0.15, 0.2) is 5.16 Å². The summed E-state index contributed by atoms with van der Waals surface area (Å²) in [5.74, 6) is 0.270. The molecule has 8 nitrogen and oxygen atoms in total. The van der Waals surface area contributed by atoms with Crippen LogP contribution in [-0.4, -0.2) is 37.6 Å². The number of hydrogen-bond donors (Lipinski definition) is 1. The number of halogens is 1. The molecule has 1 N–H and O–H groups in total. The third-order valence-electron chi connectivity index (χ3n) is 4.77. The fraction of sp³-hybridized carbons (Fsp3) is 0.160. The van der Waals surface area contributed by atoms with Crippen molar-refractivity contribution < 1.29 is 13.9 Å². The van der Waals surface area contributed by atoms with Crippen molar-refractivity contribution in [2.45, 2.75) is 25.9 Å². The molecule has 0 aliphatic rings. The number of benzene rings is 2. The number of ether oxygens (including phenoxy) is 1. The topological polar surface area (TPSA) is 94.3 Å².